The number of para-hydroxylation sites is 1. The summed E-state index contributed by atoms with van der Waals surface area (Å²) >= 11 is 1.29. The van der Waals surface area contributed by atoms with Gasteiger partial charge in [-0.1, -0.05) is 29.5 Å². The van der Waals surface area contributed by atoms with Crippen molar-refractivity contribution >= 4 is 16.5 Å². The molecule has 0 fully saturated rings. The number of aliphatic hydroxyl groups excluding tert-OH is 1. The minimum atomic E-state index is -0.0472. The summed E-state index contributed by atoms with van der Waals surface area (Å²) in [6, 6.07) is 7.31. The summed E-state index contributed by atoms with van der Waals surface area (Å²) in [6.45, 7) is 0.264. The minimum absolute atomic E-state index is 0.0472. The van der Waals surface area contributed by atoms with Crippen molar-refractivity contribution < 1.29 is 9.84 Å². The maximum Gasteiger partial charge on any atom is 0.203 e. The van der Waals surface area contributed by atoms with Crippen LogP contribution in [0.4, 0.5) is 5.13 Å². The van der Waals surface area contributed by atoms with Gasteiger partial charge in [0.15, 0.2) is 5.01 Å². The summed E-state index contributed by atoms with van der Waals surface area (Å²) in [5, 5.41) is 17.8. The highest BCUT2D eigenvalue weighted by Crippen LogP contribution is 2.20. The van der Waals surface area contributed by atoms with Crippen LogP contribution in [0.5, 0.6) is 5.75 Å². The molecule has 1 aromatic heterocycles. The predicted octanol–water partition coefficient (Wildman–Crippen LogP) is 1.19. The molecular weight excluding hydrogens is 226 g/mol. The second-order valence-electron chi connectivity index (χ2n) is 3.09. The Morgan fingerprint density at radius 3 is 2.81 bits per heavy atom. The van der Waals surface area contributed by atoms with Crippen molar-refractivity contribution in [1.29, 1.82) is 0 Å². The number of anilines is 1. The summed E-state index contributed by atoms with van der Waals surface area (Å²) in [6.07, 6.45) is 0. The van der Waals surface area contributed by atoms with Crippen molar-refractivity contribution in [2.24, 2.45) is 0 Å². The number of nitrogen functional groups attached to an aromatic ring is 1. The van der Waals surface area contributed by atoms with Gasteiger partial charge in [-0.05, 0) is 6.07 Å². The van der Waals surface area contributed by atoms with Gasteiger partial charge in [-0.3, -0.25) is 0 Å². The topological polar surface area (TPSA) is 81.3 Å². The molecule has 5 nitrogen and oxygen atoms in total. The summed E-state index contributed by atoms with van der Waals surface area (Å²) in [5.74, 6) is 0.652. The van der Waals surface area contributed by atoms with E-state index in [9.17, 15) is 0 Å². The van der Waals surface area contributed by atoms with Gasteiger partial charge in [0.25, 0.3) is 0 Å². The average Bonchev–Trinajstić information content (AvgIpc) is 2.73. The van der Waals surface area contributed by atoms with Crippen LogP contribution >= 0.6 is 11.3 Å². The van der Waals surface area contributed by atoms with Crippen LogP contribution < -0.4 is 10.5 Å². The van der Waals surface area contributed by atoms with Crippen molar-refractivity contribution in [3.8, 4) is 5.75 Å². The van der Waals surface area contributed by atoms with E-state index in [4.69, 9.17) is 15.6 Å². The molecule has 0 spiro atoms. The van der Waals surface area contributed by atoms with E-state index in [1.165, 1.54) is 11.3 Å². The maximum atomic E-state index is 9.09. The van der Waals surface area contributed by atoms with Gasteiger partial charge in [0.05, 0.1) is 6.61 Å². The first-order valence-corrected chi connectivity index (χ1v) is 5.50. The quantitative estimate of drug-likeness (QED) is 0.834. The molecule has 84 valence electrons. The van der Waals surface area contributed by atoms with Gasteiger partial charge in [0, 0.05) is 5.56 Å². The first kappa shape index (κ1) is 10.8. The Hall–Kier alpha value is -1.66. The van der Waals surface area contributed by atoms with Crippen molar-refractivity contribution in [3.05, 3.63) is 34.8 Å². The number of rotatable bonds is 4. The zero-order valence-electron chi connectivity index (χ0n) is 8.46. The van der Waals surface area contributed by atoms with Crippen LogP contribution in [0.25, 0.3) is 0 Å². The average molecular weight is 237 g/mol. The molecule has 0 aliphatic heterocycles. The van der Waals surface area contributed by atoms with Gasteiger partial charge in [0.1, 0.15) is 12.4 Å². The maximum absolute atomic E-state index is 9.09. The van der Waals surface area contributed by atoms with E-state index >= 15 is 0 Å². The van der Waals surface area contributed by atoms with Crippen LogP contribution in [-0.2, 0) is 13.2 Å². The number of ether oxygens (including phenoxy) is 1. The molecule has 2 aromatic rings. The summed E-state index contributed by atoms with van der Waals surface area (Å²) < 4.78 is 5.52. The van der Waals surface area contributed by atoms with Crippen molar-refractivity contribution in [1.82, 2.24) is 10.2 Å². The number of hydrogen-bond acceptors (Lipinski definition) is 6. The molecule has 6 heteroatoms. The van der Waals surface area contributed by atoms with E-state index in [2.05, 4.69) is 10.2 Å². The Morgan fingerprint density at radius 2 is 2.12 bits per heavy atom. The van der Waals surface area contributed by atoms with E-state index in [0.717, 1.165) is 5.56 Å². The van der Waals surface area contributed by atoms with E-state index < -0.39 is 0 Å². The van der Waals surface area contributed by atoms with E-state index in [1.807, 2.05) is 18.2 Å². The Balaban J connectivity index is 2.04. The van der Waals surface area contributed by atoms with Crippen LogP contribution in [-0.4, -0.2) is 15.3 Å². The Bertz CT molecular complexity index is 473. The summed E-state index contributed by atoms with van der Waals surface area (Å²) in [5.41, 5.74) is 6.20. The molecule has 3 N–H and O–H groups in total. The fraction of sp³-hybridized carbons (Fsp3) is 0.200. The number of hydrogen-bond donors (Lipinski definition) is 2. The molecule has 0 aliphatic carbocycles. The Morgan fingerprint density at radius 1 is 1.31 bits per heavy atom. The van der Waals surface area contributed by atoms with E-state index in [0.29, 0.717) is 22.5 Å². The second kappa shape index (κ2) is 4.91. The number of nitrogens with zero attached hydrogens (tertiary/aromatic N) is 2. The van der Waals surface area contributed by atoms with Gasteiger partial charge < -0.3 is 15.6 Å². The molecule has 0 radical (unpaired) electrons. The lowest BCUT2D eigenvalue weighted by atomic mass is 10.2. The Kier molecular flexibility index (Phi) is 3.33. The zero-order valence-corrected chi connectivity index (χ0v) is 9.28. The molecule has 1 heterocycles. The largest absolute Gasteiger partial charge is 0.486 e. The van der Waals surface area contributed by atoms with Crippen molar-refractivity contribution in [2.45, 2.75) is 13.2 Å². The van der Waals surface area contributed by atoms with Crippen molar-refractivity contribution in [3.63, 3.8) is 0 Å². The third kappa shape index (κ3) is 2.47. The predicted molar refractivity (Wildman–Crippen MR) is 61.0 cm³/mol. The fourth-order valence-corrected chi connectivity index (χ4v) is 1.76. The van der Waals surface area contributed by atoms with Gasteiger partial charge in [0.2, 0.25) is 5.13 Å². The standard InChI is InChI=1S/C10H11N3O2S/c11-10-13-12-9(16-10)6-15-8-4-2-1-3-7(8)5-14/h1-4,14H,5-6H2,(H2,11,13). The van der Waals surface area contributed by atoms with Crippen LogP contribution in [0.3, 0.4) is 0 Å². The minimum Gasteiger partial charge on any atom is -0.486 e. The lowest BCUT2D eigenvalue weighted by molar-refractivity contribution is 0.258. The molecule has 0 saturated heterocycles. The highest BCUT2D eigenvalue weighted by Gasteiger charge is 2.05. The molecule has 0 atom stereocenters. The molecular formula is C10H11N3O2S. The lowest BCUT2D eigenvalue weighted by Crippen LogP contribution is -1.98. The SMILES string of the molecule is Nc1nnc(COc2ccccc2CO)s1. The van der Waals surface area contributed by atoms with Gasteiger partial charge >= 0.3 is 0 Å². The summed E-state index contributed by atoms with van der Waals surface area (Å²) in [4.78, 5) is 0. The number of nitrogens with two attached hydrogens (primary N) is 1. The molecule has 0 aliphatic rings. The lowest BCUT2D eigenvalue weighted by Gasteiger charge is -2.07. The third-order valence-corrected chi connectivity index (χ3v) is 2.70. The molecule has 0 amide bonds. The number of benzene rings is 1. The van der Waals surface area contributed by atoms with Gasteiger partial charge in [-0.25, -0.2) is 0 Å². The normalized spacial score (nSPS) is 10.3. The number of aliphatic hydroxyl groups is 1. The van der Waals surface area contributed by atoms with Gasteiger partial charge in [-0.15, -0.1) is 10.2 Å². The highest BCUT2D eigenvalue weighted by atomic mass is 32.1. The van der Waals surface area contributed by atoms with Crippen LogP contribution in [0, 0.1) is 0 Å². The molecule has 0 unspecified atom stereocenters. The molecule has 0 saturated carbocycles. The van der Waals surface area contributed by atoms with Crippen LogP contribution in [0.1, 0.15) is 10.6 Å². The smallest absolute Gasteiger partial charge is 0.203 e. The van der Waals surface area contributed by atoms with Gasteiger partial charge in [-0.2, -0.15) is 0 Å². The molecule has 16 heavy (non-hydrogen) atoms. The Labute approximate surface area is 96.5 Å². The van der Waals surface area contributed by atoms with Crippen LogP contribution in [0.2, 0.25) is 0 Å². The van der Waals surface area contributed by atoms with Crippen molar-refractivity contribution in [2.75, 3.05) is 5.73 Å². The van der Waals surface area contributed by atoms with Crippen LogP contribution in [0.15, 0.2) is 24.3 Å². The summed E-state index contributed by atoms with van der Waals surface area (Å²) in [7, 11) is 0. The highest BCUT2D eigenvalue weighted by molar-refractivity contribution is 7.15. The molecule has 0 bridgehead atoms. The first-order valence-electron chi connectivity index (χ1n) is 4.69. The fourth-order valence-electron chi connectivity index (χ4n) is 1.24. The number of aromatic nitrogens is 2. The molecule has 2 rings (SSSR count). The zero-order chi connectivity index (χ0) is 11.4. The van der Waals surface area contributed by atoms with E-state index in [1.54, 1.807) is 6.07 Å². The van der Waals surface area contributed by atoms with E-state index in [-0.39, 0.29) is 6.61 Å². The second-order valence-corrected chi connectivity index (χ2v) is 4.18. The first-order chi connectivity index (χ1) is 7.79. The molecule has 1 aromatic carbocycles. The monoisotopic (exact) mass is 237 g/mol. The third-order valence-electron chi connectivity index (χ3n) is 1.98.